The number of nitrogens with zero attached hydrogens (tertiary/aromatic N) is 2. The second-order valence-electron chi connectivity index (χ2n) is 15.7. The molecule has 0 unspecified atom stereocenters. The van der Waals surface area contributed by atoms with Crippen molar-refractivity contribution in [2.75, 3.05) is 0 Å². The van der Waals surface area contributed by atoms with Gasteiger partial charge in [0.05, 0.1) is 12.4 Å². The third kappa shape index (κ3) is 13.5. The van der Waals surface area contributed by atoms with E-state index in [0.29, 0.717) is 0 Å². The molecular weight excluding hydrogens is 572 g/mol. The second kappa shape index (κ2) is 21.9. The molecule has 3 nitrogen and oxygen atoms in total. The van der Waals surface area contributed by atoms with Crippen molar-refractivity contribution in [1.29, 1.82) is 0 Å². The van der Waals surface area contributed by atoms with E-state index in [0.717, 1.165) is 60.9 Å². The number of aryl methyl sites for hydroxylation is 2. The molecule has 0 N–H and O–H groups in total. The fraction of sp³-hybridized carbons (Fsp3) is 0.773. The van der Waals surface area contributed by atoms with E-state index in [9.17, 15) is 0 Å². The molecule has 0 saturated heterocycles. The van der Waals surface area contributed by atoms with Gasteiger partial charge in [-0.1, -0.05) is 130 Å². The topological polar surface area (TPSA) is 35.0 Å². The lowest BCUT2D eigenvalue weighted by Gasteiger charge is -2.29. The van der Waals surface area contributed by atoms with E-state index in [1.807, 2.05) is 12.4 Å². The van der Waals surface area contributed by atoms with Gasteiger partial charge in [-0.15, -0.1) is 0 Å². The van der Waals surface area contributed by atoms with E-state index < -0.39 is 0 Å². The van der Waals surface area contributed by atoms with E-state index in [4.69, 9.17) is 14.7 Å². The molecule has 2 aliphatic carbocycles. The predicted octanol–water partition coefficient (Wildman–Crippen LogP) is 13.6. The minimum absolute atomic E-state index is 0.789. The minimum atomic E-state index is 0.789. The largest absolute Gasteiger partial charge is 0.454 e. The van der Waals surface area contributed by atoms with Gasteiger partial charge in [-0.3, -0.25) is 9.97 Å². The van der Waals surface area contributed by atoms with E-state index in [-0.39, 0.29) is 0 Å². The zero-order valence-electron chi connectivity index (χ0n) is 31.3. The molecule has 2 heterocycles. The van der Waals surface area contributed by atoms with Crippen molar-refractivity contribution < 1.29 is 4.74 Å². The standard InChI is InChI=1S/C44H72N2O/c1-5-9-13-17-35-21-25-37(26-22-35)29-39-31-41(33-45-43(39)19-15-11-7-3)47-42-32-40(44(46-34-42)20-16-12-8-4)30-38-27-23-36(24-28-38)18-14-10-6-2/h31-38H,5-30H2,1-4H3. The molecule has 2 saturated carbocycles. The first-order valence-electron chi connectivity index (χ1n) is 20.7. The summed E-state index contributed by atoms with van der Waals surface area (Å²) in [4.78, 5) is 10.1. The van der Waals surface area contributed by atoms with Crippen molar-refractivity contribution in [1.82, 2.24) is 9.97 Å². The molecule has 2 fully saturated rings. The van der Waals surface area contributed by atoms with Gasteiger partial charge >= 0.3 is 0 Å². The van der Waals surface area contributed by atoms with E-state index >= 15 is 0 Å². The Labute approximate surface area is 290 Å². The van der Waals surface area contributed by atoms with Gasteiger partial charge in [-0.25, -0.2) is 0 Å². The normalized spacial score (nSPS) is 21.6. The monoisotopic (exact) mass is 645 g/mol. The summed E-state index contributed by atoms with van der Waals surface area (Å²) >= 11 is 0. The minimum Gasteiger partial charge on any atom is -0.454 e. The second-order valence-corrected chi connectivity index (χ2v) is 15.7. The quantitative estimate of drug-likeness (QED) is 0.120. The third-order valence-electron chi connectivity index (χ3n) is 11.7. The van der Waals surface area contributed by atoms with Crippen molar-refractivity contribution in [3.05, 3.63) is 47.0 Å². The van der Waals surface area contributed by atoms with Gasteiger partial charge in [-0.05, 0) is 111 Å². The summed E-state index contributed by atoms with van der Waals surface area (Å²) < 4.78 is 6.62. The van der Waals surface area contributed by atoms with Crippen molar-refractivity contribution in [2.24, 2.45) is 23.7 Å². The zero-order valence-corrected chi connectivity index (χ0v) is 31.3. The smallest absolute Gasteiger partial charge is 0.146 e. The van der Waals surface area contributed by atoms with Crippen molar-refractivity contribution in [3.8, 4) is 11.5 Å². The zero-order chi connectivity index (χ0) is 33.1. The Morgan fingerprint density at radius 2 is 0.851 bits per heavy atom. The van der Waals surface area contributed by atoms with Crippen LogP contribution in [0.3, 0.4) is 0 Å². The van der Waals surface area contributed by atoms with Crippen LogP contribution in [0.1, 0.15) is 191 Å². The summed E-state index contributed by atoms with van der Waals surface area (Å²) in [6.45, 7) is 9.23. The molecule has 0 bridgehead atoms. The Hall–Kier alpha value is -1.90. The van der Waals surface area contributed by atoms with Gasteiger partial charge in [0.1, 0.15) is 11.5 Å². The number of ether oxygens (including phenoxy) is 1. The van der Waals surface area contributed by atoms with Crippen molar-refractivity contribution in [2.45, 2.75) is 195 Å². The lowest BCUT2D eigenvalue weighted by atomic mass is 9.77. The molecular formula is C44H72N2O. The van der Waals surface area contributed by atoms with Gasteiger partial charge < -0.3 is 4.74 Å². The van der Waals surface area contributed by atoms with E-state index in [1.165, 1.54) is 164 Å². The summed E-state index contributed by atoms with van der Waals surface area (Å²) in [6.07, 6.45) is 38.4. The Morgan fingerprint density at radius 3 is 1.23 bits per heavy atom. The van der Waals surface area contributed by atoms with Crippen molar-refractivity contribution >= 4 is 0 Å². The highest BCUT2D eigenvalue weighted by atomic mass is 16.5. The molecule has 0 aromatic carbocycles. The average molecular weight is 645 g/mol. The number of rotatable bonds is 22. The molecule has 0 radical (unpaired) electrons. The fourth-order valence-electron chi connectivity index (χ4n) is 8.61. The number of aromatic nitrogens is 2. The molecule has 2 aromatic rings. The molecule has 2 aromatic heterocycles. The highest BCUT2D eigenvalue weighted by molar-refractivity contribution is 5.36. The maximum atomic E-state index is 6.62. The molecule has 4 rings (SSSR count). The summed E-state index contributed by atoms with van der Waals surface area (Å²) in [5.74, 6) is 5.29. The molecule has 3 heteroatoms. The molecule has 2 aliphatic rings. The van der Waals surface area contributed by atoms with Gasteiger partial charge in [-0.2, -0.15) is 0 Å². The van der Waals surface area contributed by atoms with Crippen LogP contribution in [0.2, 0.25) is 0 Å². The van der Waals surface area contributed by atoms with Crippen LogP contribution in [-0.2, 0) is 25.7 Å². The lowest BCUT2D eigenvalue weighted by Crippen LogP contribution is -2.17. The summed E-state index contributed by atoms with van der Waals surface area (Å²) in [5.41, 5.74) is 5.50. The van der Waals surface area contributed by atoms with Crippen LogP contribution in [0.15, 0.2) is 24.5 Å². The van der Waals surface area contributed by atoms with Gasteiger partial charge in [0.15, 0.2) is 0 Å². The first-order valence-corrected chi connectivity index (χ1v) is 20.7. The highest BCUT2D eigenvalue weighted by Crippen LogP contribution is 2.37. The maximum absolute atomic E-state index is 6.62. The van der Waals surface area contributed by atoms with Crippen LogP contribution in [0, 0.1) is 23.7 Å². The molecule has 264 valence electrons. The van der Waals surface area contributed by atoms with Gasteiger partial charge in [0.25, 0.3) is 0 Å². The fourth-order valence-corrected chi connectivity index (χ4v) is 8.61. The maximum Gasteiger partial charge on any atom is 0.146 e. The summed E-state index contributed by atoms with van der Waals surface area (Å²) in [6, 6.07) is 4.69. The first-order chi connectivity index (χ1) is 23.1. The number of hydrogen-bond donors (Lipinski definition) is 0. The predicted molar refractivity (Wildman–Crippen MR) is 202 cm³/mol. The summed E-state index contributed by atoms with van der Waals surface area (Å²) in [7, 11) is 0. The SMILES string of the molecule is CCCCCc1ncc(Oc2cnc(CCCCC)c(CC3CCC(CCCCC)CC3)c2)cc1CC1CCC(CCCCC)CC1. The molecule has 0 spiro atoms. The number of hydrogen-bond acceptors (Lipinski definition) is 3. The molecule has 0 atom stereocenters. The van der Waals surface area contributed by atoms with Crippen LogP contribution in [0.4, 0.5) is 0 Å². The lowest BCUT2D eigenvalue weighted by molar-refractivity contribution is 0.257. The Balaban J connectivity index is 1.42. The average Bonchev–Trinajstić information content (AvgIpc) is 3.08. The van der Waals surface area contributed by atoms with Crippen LogP contribution in [0.25, 0.3) is 0 Å². The van der Waals surface area contributed by atoms with Crippen LogP contribution >= 0.6 is 0 Å². The van der Waals surface area contributed by atoms with Crippen LogP contribution < -0.4 is 4.74 Å². The highest BCUT2D eigenvalue weighted by Gasteiger charge is 2.24. The molecule has 47 heavy (non-hydrogen) atoms. The Kier molecular flexibility index (Phi) is 17.7. The Bertz CT molecular complexity index is 1020. The van der Waals surface area contributed by atoms with E-state index in [1.54, 1.807) is 0 Å². The third-order valence-corrected chi connectivity index (χ3v) is 11.7. The summed E-state index contributed by atoms with van der Waals surface area (Å²) in [5, 5.41) is 0. The van der Waals surface area contributed by atoms with Gasteiger partial charge in [0.2, 0.25) is 0 Å². The molecule has 0 amide bonds. The van der Waals surface area contributed by atoms with Crippen molar-refractivity contribution in [3.63, 3.8) is 0 Å². The van der Waals surface area contributed by atoms with Gasteiger partial charge in [0, 0.05) is 11.4 Å². The van der Waals surface area contributed by atoms with Crippen LogP contribution in [-0.4, -0.2) is 9.97 Å². The van der Waals surface area contributed by atoms with E-state index in [2.05, 4.69) is 39.8 Å². The first kappa shape index (κ1) is 37.9. The molecule has 0 aliphatic heterocycles. The number of pyridine rings is 2. The number of unbranched alkanes of at least 4 members (excludes halogenated alkanes) is 8. The Morgan fingerprint density at radius 1 is 0.489 bits per heavy atom. The van der Waals surface area contributed by atoms with Crippen LogP contribution in [0.5, 0.6) is 11.5 Å².